The molecule has 150 valence electrons. The van der Waals surface area contributed by atoms with E-state index in [1.807, 2.05) is 26.0 Å². The van der Waals surface area contributed by atoms with Gasteiger partial charge >= 0.3 is 0 Å². The molecule has 2 rings (SSSR count). The number of rotatable bonds is 6. The van der Waals surface area contributed by atoms with Crippen molar-refractivity contribution in [2.75, 3.05) is 24.6 Å². The highest BCUT2D eigenvalue weighted by Crippen LogP contribution is 2.33. The fourth-order valence-corrected chi connectivity index (χ4v) is 4.81. The molecular weight excluding hydrogens is 388 g/mol. The number of hydrogen-bond acceptors (Lipinski definition) is 4. The Morgan fingerprint density at radius 2 is 1.67 bits per heavy atom. The lowest BCUT2D eigenvalue weighted by Crippen LogP contribution is -2.55. The van der Waals surface area contributed by atoms with Crippen LogP contribution in [0.15, 0.2) is 24.3 Å². The second-order valence-electron chi connectivity index (χ2n) is 6.97. The topological polar surface area (TPSA) is 83.6 Å². The molecule has 0 bridgehead atoms. The summed E-state index contributed by atoms with van der Waals surface area (Å²) in [6.07, 6.45) is 1.17. The van der Waals surface area contributed by atoms with Gasteiger partial charge in [0.2, 0.25) is 11.8 Å². The van der Waals surface area contributed by atoms with Gasteiger partial charge in [-0.15, -0.1) is 0 Å². The Kier molecular flexibility index (Phi) is 6.92. The molecule has 0 aromatic heterocycles. The predicted molar refractivity (Wildman–Crippen MR) is 107 cm³/mol. The Bertz CT molecular complexity index is 774. The summed E-state index contributed by atoms with van der Waals surface area (Å²) in [5, 5.41) is 3.44. The maximum atomic E-state index is 13.1. The minimum absolute atomic E-state index is 0.0297. The van der Waals surface area contributed by atoms with Crippen LogP contribution in [-0.2, 0) is 24.8 Å². The van der Waals surface area contributed by atoms with E-state index >= 15 is 0 Å². The van der Waals surface area contributed by atoms with Crippen LogP contribution in [0.5, 0.6) is 0 Å². The number of halogens is 1. The van der Waals surface area contributed by atoms with E-state index in [0.29, 0.717) is 17.9 Å². The van der Waals surface area contributed by atoms with E-state index in [9.17, 15) is 18.0 Å². The van der Waals surface area contributed by atoms with Crippen LogP contribution in [0.25, 0.3) is 0 Å². The Hall–Kier alpha value is -1.60. The van der Waals surface area contributed by atoms with Crippen molar-refractivity contribution in [1.29, 1.82) is 0 Å². The van der Waals surface area contributed by atoms with E-state index in [4.69, 9.17) is 11.6 Å². The quantitative estimate of drug-likeness (QED) is 0.773. The van der Waals surface area contributed by atoms with Crippen molar-refractivity contribution < 1.29 is 18.0 Å². The lowest BCUT2D eigenvalue weighted by molar-refractivity contribution is -0.137. The molecular formula is C19H27ClN2O4S. The zero-order valence-corrected chi connectivity index (χ0v) is 17.6. The number of sulfone groups is 1. The van der Waals surface area contributed by atoms with Gasteiger partial charge in [0, 0.05) is 18.1 Å². The Labute approximate surface area is 166 Å². The number of benzene rings is 1. The molecule has 0 saturated carbocycles. The first-order valence-electron chi connectivity index (χ1n) is 9.21. The third kappa shape index (κ3) is 4.82. The number of amides is 2. The molecule has 1 aromatic carbocycles. The van der Waals surface area contributed by atoms with Gasteiger partial charge in [0.1, 0.15) is 6.04 Å². The molecule has 1 aliphatic heterocycles. The van der Waals surface area contributed by atoms with E-state index in [1.54, 1.807) is 19.1 Å². The SMILES string of the molecule is CCC(CC)(C(=O)NC(C)C(=O)N1CCS(=O)(=O)CC1)c1ccc(Cl)cc1. The molecule has 1 N–H and O–H groups in total. The van der Waals surface area contributed by atoms with Gasteiger partial charge < -0.3 is 10.2 Å². The van der Waals surface area contributed by atoms with Crippen molar-refractivity contribution in [2.45, 2.75) is 45.1 Å². The second kappa shape index (κ2) is 8.61. The molecule has 1 unspecified atom stereocenters. The summed E-state index contributed by atoms with van der Waals surface area (Å²) in [7, 11) is -3.06. The van der Waals surface area contributed by atoms with Crippen LogP contribution < -0.4 is 5.32 Å². The Balaban J connectivity index is 2.12. The standard InChI is InChI=1S/C19H27ClN2O4S/c1-4-19(5-2,15-6-8-16(20)9-7-15)18(24)21-14(3)17(23)22-10-12-27(25,26)13-11-22/h6-9,14H,4-5,10-13H2,1-3H3,(H,21,24). The van der Waals surface area contributed by atoms with Gasteiger partial charge in [0.15, 0.2) is 9.84 Å². The molecule has 2 amide bonds. The highest BCUT2D eigenvalue weighted by Gasteiger charge is 2.38. The average molecular weight is 415 g/mol. The number of hydrogen-bond donors (Lipinski definition) is 1. The third-order valence-corrected chi connectivity index (χ3v) is 7.27. The van der Waals surface area contributed by atoms with Gasteiger partial charge in [0.05, 0.1) is 16.9 Å². The molecule has 6 nitrogen and oxygen atoms in total. The number of nitrogens with zero attached hydrogens (tertiary/aromatic N) is 1. The maximum Gasteiger partial charge on any atom is 0.244 e. The van der Waals surface area contributed by atoms with E-state index < -0.39 is 21.3 Å². The van der Waals surface area contributed by atoms with Crippen molar-refractivity contribution in [3.63, 3.8) is 0 Å². The first-order valence-corrected chi connectivity index (χ1v) is 11.4. The van der Waals surface area contributed by atoms with Crippen LogP contribution in [0.4, 0.5) is 0 Å². The first kappa shape index (κ1) is 21.7. The van der Waals surface area contributed by atoms with Crippen LogP contribution >= 0.6 is 11.6 Å². The van der Waals surface area contributed by atoms with Gasteiger partial charge in [-0.25, -0.2) is 8.42 Å². The van der Waals surface area contributed by atoms with Crippen LogP contribution in [0.1, 0.15) is 39.2 Å². The minimum atomic E-state index is -3.06. The molecule has 0 spiro atoms. The van der Waals surface area contributed by atoms with E-state index in [0.717, 1.165) is 5.56 Å². The lowest BCUT2D eigenvalue weighted by Gasteiger charge is -2.34. The zero-order chi connectivity index (χ0) is 20.2. The molecule has 0 radical (unpaired) electrons. The van der Waals surface area contributed by atoms with Crippen LogP contribution in [-0.4, -0.2) is 55.8 Å². The van der Waals surface area contributed by atoms with E-state index in [1.165, 1.54) is 4.90 Å². The van der Waals surface area contributed by atoms with E-state index in [-0.39, 0.29) is 36.4 Å². The molecule has 8 heteroatoms. The highest BCUT2D eigenvalue weighted by molar-refractivity contribution is 7.91. The molecule has 27 heavy (non-hydrogen) atoms. The monoisotopic (exact) mass is 414 g/mol. The summed E-state index contributed by atoms with van der Waals surface area (Å²) < 4.78 is 23.1. The molecule has 0 aliphatic carbocycles. The van der Waals surface area contributed by atoms with Gasteiger partial charge in [-0.2, -0.15) is 0 Å². The fraction of sp³-hybridized carbons (Fsp3) is 0.579. The number of carbonyl (C=O) groups excluding carboxylic acids is 2. The largest absolute Gasteiger partial charge is 0.344 e. The van der Waals surface area contributed by atoms with Crippen LogP contribution in [0.3, 0.4) is 0 Å². The molecule has 1 atom stereocenters. The van der Waals surface area contributed by atoms with Gasteiger partial charge in [0.25, 0.3) is 0 Å². The third-order valence-electron chi connectivity index (χ3n) is 5.41. The predicted octanol–water partition coefficient (Wildman–Crippen LogP) is 2.16. The number of nitrogens with one attached hydrogen (secondary N) is 1. The summed E-state index contributed by atoms with van der Waals surface area (Å²) in [6.45, 7) is 5.87. The lowest BCUT2D eigenvalue weighted by atomic mass is 9.75. The van der Waals surface area contributed by atoms with Crippen molar-refractivity contribution in [2.24, 2.45) is 0 Å². The number of carbonyl (C=O) groups is 2. The van der Waals surface area contributed by atoms with Crippen molar-refractivity contribution in [3.05, 3.63) is 34.9 Å². The Morgan fingerprint density at radius 1 is 1.15 bits per heavy atom. The smallest absolute Gasteiger partial charge is 0.244 e. The zero-order valence-electron chi connectivity index (χ0n) is 16.0. The van der Waals surface area contributed by atoms with Crippen molar-refractivity contribution >= 4 is 33.3 Å². The first-order chi connectivity index (χ1) is 12.6. The minimum Gasteiger partial charge on any atom is -0.344 e. The second-order valence-corrected chi connectivity index (χ2v) is 9.71. The average Bonchev–Trinajstić information content (AvgIpc) is 2.64. The normalized spacial score (nSPS) is 18.0. The summed E-state index contributed by atoms with van der Waals surface area (Å²) in [5.41, 5.74) is 0.114. The summed E-state index contributed by atoms with van der Waals surface area (Å²) in [5.74, 6) is -0.522. The van der Waals surface area contributed by atoms with Gasteiger partial charge in [-0.3, -0.25) is 9.59 Å². The summed E-state index contributed by atoms with van der Waals surface area (Å²) in [4.78, 5) is 27.2. The van der Waals surface area contributed by atoms with Crippen LogP contribution in [0, 0.1) is 0 Å². The molecule has 1 aromatic rings. The molecule has 1 fully saturated rings. The Morgan fingerprint density at radius 3 is 2.15 bits per heavy atom. The molecule has 1 saturated heterocycles. The summed E-state index contributed by atoms with van der Waals surface area (Å²) in [6, 6.07) is 6.48. The maximum absolute atomic E-state index is 13.1. The fourth-order valence-electron chi connectivity index (χ4n) is 3.48. The van der Waals surface area contributed by atoms with Crippen LogP contribution in [0.2, 0.25) is 5.02 Å². The summed E-state index contributed by atoms with van der Waals surface area (Å²) >= 11 is 5.97. The molecule has 1 heterocycles. The van der Waals surface area contributed by atoms with Gasteiger partial charge in [-0.05, 0) is 37.5 Å². The highest BCUT2D eigenvalue weighted by atomic mass is 35.5. The van der Waals surface area contributed by atoms with Crippen molar-refractivity contribution in [3.8, 4) is 0 Å². The van der Waals surface area contributed by atoms with Gasteiger partial charge in [-0.1, -0.05) is 37.6 Å². The van der Waals surface area contributed by atoms with Crippen molar-refractivity contribution in [1.82, 2.24) is 10.2 Å². The van der Waals surface area contributed by atoms with E-state index in [2.05, 4.69) is 5.32 Å². The molecule has 1 aliphatic rings.